The molecule has 3 rings (SSSR count). The van der Waals surface area contributed by atoms with Crippen molar-refractivity contribution in [1.82, 2.24) is 0 Å². The summed E-state index contributed by atoms with van der Waals surface area (Å²) in [5.41, 5.74) is 0.111. The summed E-state index contributed by atoms with van der Waals surface area (Å²) in [7, 11) is -0.150. The zero-order valence-electron chi connectivity index (χ0n) is 15.1. The zero-order chi connectivity index (χ0) is 20.5. The van der Waals surface area contributed by atoms with Crippen LogP contribution in [-0.4, -0.2) is 35.7 Å². The van der Waals surface area contributed by atoms with Gasteiger partial charge < -0.3 is 14.2 Å². The lowest BCUT2D eigenvalue weighted by atomic mass is 10.2. The van der Waals surface area contributed by atoms with Crippen LogP contribution in [0.1, 0.15) is 9.67 Å². The van der Waals surface area contributed by atoms with Crippen molar-refractivity contribution in [3.63, 3.8) is 0 Å². The molecule has 0 unspecified atom stereocenters. The third-order valence-electron chi connectivity index (χ3n) is 3.91. The number of hydrogen-bond donors (Lipinski definition) is 1. The summed E-state index contributed by atoms with van der Waals surface area (Å²) in [5.74, 6) is -0.192. The molecule has 0 amide bonds. The zero-order valence-corrected chi connectivity index (χ0v) is 17.5. The van der Waals surface area contributed by atoms with Crippen LogP contribution in [0.15, 0.2) is 41.3 Å². The van der Waals surface area contributed by atoms with Crippen molar-refractivity contribution in [1.29, 1.82) is 0 Å². The molecular formula is C18H16ClNO6S2. The van der Waals surface area contributed by atoms with Crippen LogP contribution in [0.25, 0.3) is 10.1 Å². The largest absolute Gasteiger partial charge is 0.495 e. The number of methoxy groups -OCH3 is 3. The minimum Gasteiger partial charge on any atom is -0.495 e. The van der Waals surface area contributed by atoms with E-state index in [1.807, 2.05) is 0 Å². The minimum absolute atomic E-state index is 0.0187. The molecule has 0 atom stereocenters. The number of thiophene rings is 1. The predicted octanol–water partition coefficient (Wildman–Crippen LogP) is 4.16. The van der Waals surface area contributed by atoms with Crippen molar-refractivity contribution in [2.45, 2.75) is 4.90 Å². The minimum atomic E-state index is -4.17. The Morgan fingerprint density at radius 1 is 1.07 bits per heavy atom. The van der Waals surface area contributed by atoms with Gasteiger partial charge in [0.1, 0.15) is 21.3 Å². The molecule has 7 nitrogen and oxygen atoms in total. The second-order valence-electron chi connectivity index (χ2n) is 5.54. The van der Waals surface area contributed by atoms with Gasteiger partial charge in [-0.05, 0) is 12.1 Å². The van der Waals surface area contributed by atoms with Gasteiger partial charge in [-0.2, -0.15) is 0 Å². The normalized spacial score (nSPS) is 11.3. The highest BCUT2D eigenvalue weighted by Crippen LogP contribution is 2.40. The Morgan fingerprint density at radius 2 is 1.75 bits per heavy atom. The molecule has 2 aromatic carbocycles. The number of esters is 1. The summed E-state index contributed by atoms with van der Waals surface area (Å²) in [6.07, 6.45) is 0. The van der Waals surface area contributed by atoms with Gasteiger partial charge in [0.15, 0.2) is 0 Å². The lowest BCUT2D eigenvalue weighted by Crippen LogP contribution is -2.16. The smallest absolute Gasteiger partial charge is 0.349 e. The molecule has 0 fully saturated rings. The van der Waals surface area contributed by atoms with Crippen LogP contribution < -0.4 is 14.2 Å². The molecule has 0 saturated heterocycles. The highest BCUT2D eigenvalue weighted by atomic mass is 35.5. The maximum atomic E-state index is 13.2. The molecule has 0 bridgehead atoms. The maximum absolute atomic E-state index is 13.2. The first-order valence-corrected chi connectivity index (χ1v) is 10.5. The topological polar surface area (TPSA) is 90.9 Å². The van der Waals surface area contributed by atoms with Crippen molar-refractivity contribution in [3.8, 4) is 11.5 Å². The molecule has 1 heterocycles. The van der Waals surface area contributed by atoms with Gasteiger partial charge in [0, 0.05) is 16.2 Å². The average Bonchev–Trinajstić information content (AvgIpc) is 3.08. The van der Waals surface area contributed by atoms with E-state index in [2.05, 4.69) is 4.72 Å². The van der Waals surface area contributed by atoms with E-state index in [-0.39, 0.29) is 26.2 Å². The number of ether oxygens (including phenoxy) is 3. The molecule has 3 aromatic rings. The lowest BCUT2D eigenvalue weighted by Gasteiger charge is -2.14. The summed E-state index contributed by atoms with van der Waals surface area (Å²) >= 11 is 7.17. The summed E-state index contributed by atoms with van der Waals surface area (Å²) < 4.78 is 44.6. The monoisotopic (exact) mass is 441 g/mol. The van der Waals surface area contributed by atoms with Crippen molar-refractivity contribution in [3.05, 3.63) is 46.3 Å². The number of carbonyl (C=O) groups is 1. The number of benzene rings is 2. The molecule has 10 heteroatoms. The quantitative estimate of drug-likeness (QED) is 0.577. The number of carbonyl (C=O) groups excluding carboxylic acids is 1. The highest BCUT2D eigenvalue weighted by molar-refractivity contribution is 7.93. The molecule has 0 saturated carbocycles. The number of hydrogen-bond acceptors (Lipinski definition) is 7. The second kappa shape index (κ2) is 7.86. The van der Waals surface area contributed by atoms with Gasteiger partial charge in [0.05, 0.1) is 32.0 Å². The molecule has 1 N–H and O–H groups in total. The molecule has 0 aliphatic heterocycles. The van der Waals surface area contributed by atoms with E-state index >= 15 is 0 Å². The van der Waals surface area contributed by atoms with E-state index in [0.717, 1.165) is 11.3 Å². The van der Waals surface area contributed by atoms with E-state index < -0.39 is 16.0 Å². The molecule has 0 spiro atoms. The Hall–Kier alpha value is -2.49. The maximum Gasteiger partial charge on any atom is 0.349 e. The van der Waals surface area contributed by atoms with Crippen LogP contribution in [0, 0.1) is 0 Å². The lowest BCUT2D eigenvalue weighted by molar-refractivity contribution is 0.0602. The van der Waals surface area contributed by atoms with Crippen molar-refractivity contribution < 1.29 is 27.4 Å². The number of nitrogens with one attached hydrogen (secondary N) is 1. The second-order valence-corrected chi connectivity index (χ2v) is 8.62. The van der Waals surface area contributed by atoms with Gasteiger partial charge in [-0.1, -0.05) is 29.8 Å². The van der Waals surface area contributed by atoms with Crippen LogP contribution in [0.3, 0.4) is 0 Å². The van der Waals surface area contributed by atoms with Crippen molar-refractivity contribution >= 4 is 54.7 Å². The number of anilines is 1. The summed E-state index contributed by atoms with van der Waals surface area (Å²) in [6.45, 7) is 0. The SMILES string of the molecule is COC(=O)c1sc2ccccc2c1S(=O)(=O)Nc1cc(Cl)c(OC)cc1OC. The Balaban J connectivity index is 2.17. The van der Waals surface area contributed by atoms with Gasteiger partial charge in [-0.15, -0.1) is 11.3 Å². The Kier molecular flexibility index (Phi) is 5.69. The molecule has 0 aliphatic carbocycles. The molecule has 28 heavy (non-hydrogen) atoms. The number of fused-ring (bicyclic) bond motifs is 1. The fraction of sp³-hybridized carbons (Fsp3) is 0.167. The molecule has 0 aliphatic rings. The molecule has 148 valence electrons. The Bertz CT molecular complexity index is 1160. The van der Waals surface area contributed by atoms with Crippen LogP contribution in [0.2, 0.25) is 5.02 Å². The molecular weight excluding hydrogens is 426 g/mol. The van der Waals surface area contributed by atoms with Gasteiger partial charge in [-0.25, -0.2) is 13.2 Å². The first-order valence-electron chi connectivity index (χ1n) is 7.86. The number of sulfonamides is 1. The van der Waals surface area contributed by atoms with E-state index in [4.69, 9.17) is 25.8 Å². The summed E-state index contributed by atoms with van der Waals surface area (Å²) in [5, 5.41) is 0.614. The van der Waals surface area contributed by atoms with E-state index in [9.17, 15) is 13.2 Å². The van der Waals surface area contributed by atoms with Crippen LogP contribution >= 0.6 is 22.9 Å². The van der Waals surface area contributed by atoms with E-state index in [1.165, 1.54) is 33.5 Å². The fourth-order valence-electron chi connectivity index (χ4n) is 2.65. The van der Waals surface area contributed by atoms with Gasteiger partial charge >= 0.3 is 5.97 Å². The van der Waals surface area contributed by atoms with Crippen LogP contribution in [0.5, 0.6) is 11.5 Å². The summed E-state index contributed by atoms with van der Waals surface area (Å²) in [6, 6.07) is 9.66. The Morgan fingerprint density at radius 3 is 2.39 bits per heavy atom. The third-order valence-corrected chi connectivity index (χ3v) is 6.93. The first-order chi connectivity index (χ1) is 13.3. The van der Waals surface area contributed by atoms with Crippen molar-refractivity contribution in [2.24, 2.45) is 0 Å². The number of rotatable bonds is 6. The number of halogens is 1. The third kappa shape index (κ3) is 3.60. The van der Waals surface area contributed by atoms with Crippen LogP contribution in [0.4, 0.5) is 5.69 Å². The van der Waals surface area contributed by atoms with Crippen molar-refractivity contribution in [2.75, 3.05) is 26.1 Å². The first kappa shape index (κ1) is 20.2. The van der Waals surface area contributed by atoms with Gasteiger partial charge in [0.25, 0.3) is 10.0 Å². The molecule has 0 radical (unpaired) electrons. The van der Waals surface area contributed by atoms with Gasteiger partial charge in [0.2, 0.25) is 0 Å². The predicted molar refractivity (Wildman–Crippen MR) is 109 cm³/mol. The van der Waals surface area contributed by atoms with E-state index in [1.54, 1.807) is 24.3 Å². The standard InChI is InChI=1S/C18H16ClNO6S2/c1-24-13-9-14(25-2)12(8-11(13)19)20-28(22,23)17-10-6-4-5-7-15(10)27-16(17)18(21)26-3/h4-9,20H,1-3H3. The van der Waals surface area contributed by atoms with E-state index in [0.29, 0.717) is 15.8 Å². The highest BCUT2D eigenvalue weighted by Gasteiger charge is 2.30. The summed E-state index contributed by atoms with van der Waals surface area (Å²) in [4.78, 5) is 12.0. The fourth-order valence-corrected chi connectivity index (χ4v) is 5.77. The average molecular weight is 442 g/mol. The van der Waals surface area contributed by atoms with Gasteiger partial charge in [-0.3, -0.25) is 4.72 Å². The van der Waals surface area contributed by atoms with Crippen LogP contribution in [-0.2, 0) is 14.8 Å². The molecule has 1 aromatic heterocycles. The Labute approximate surface area is 170 Å².